The maximum absolute atomic E-state index is 3.69. The Morgan fingerprint density at radius 3 is 2.21 bits per heavy atom. The monoisotopic (exact) mass is 195 g/mol. The highest BCUT2D eigenvalue weighted by molar-refractivity contribution is 4.98. The summed E-state index contributed by atoms with van der Waals surface area (Å²) in [6, 6.07) is 0.703. The second-order valence-corrected chi connectivity index (χ2v) is 4.01. The van der Waals surface area contributed by atoms with Gasteiger partial charge < -0.3 is 4.90 Å². The minimum Gasteiger partial charge on any atom is -0.306 e. The third kappa shape index (κ3) is 4.61. The van der Waals surface area contributed by atoms with Crippen LogP contribution in [-0.2, 0) is 0 Å². The summed E-state index contributed by atoms with van der Waals surface area (Å²) >= 11 is 0. The van der Waals surface area contributed by atoms with Gasteiger partial charge in [-0.25, -0.2) is 0 Å². The van der Waals surface area contributed by atoms with Crippen LogP contribution < -0.4 is 0 Å². The van der Waals surface area contributed by atoms with Gasteiger partial charge in [0.15, 0.2) is 0 Å². The van der Waals surface area contributed by atoms with Crippen LogP contribution in [-0.4, -0.2) is 25.0 Å². The van der Waals surface area contributed by atoms with Crippen LogP contribution in [0.15, 0.2) is 24.8 Å². The summed E-state index contributed by atoms with van der Waals surface area (Å²) in [5, 5.41) is 0. The second kappa shape index (κ2) is 7.81. The van der Waals surface area contributed by atoms with Crippen molar-refractivity contribution in [1.82, 2.24) is 4.90 Å². The summed E-state index contributed by atoms with van der Waals surface area (Å²) in [6.07, 6.45) is 9.77. The molecule has 2 atom stereocenters. The van der Waals surface area contributed by atoms with Gasteiger partial charge in [-0.2, -0.15) is 0 Å². The molecule has 14 heavy (non-hydrogen) atoms. The zero-order valence-corrected chi connectivity index (χ0v) is 10.2. The molecule has 0 fully saturated rings. The lowest BCUT2D eigenvalue weighted by Crippen LogP contribution is -2.34. The maximum atomic E-state index is 3.69. The van der Waals surface area contributed by atoms with Crippen LogP contribution in [0.1, 0.15) is 33.1 Å². The molecule has 0 aromatic carbocycles. The van der Waals surface area contributed by atoms with Crippen LogP contribution >= 0.6 is 0 Å². The molecule has 82 valence electrons. The number of hydrogen-bond acceptors (Lipinski definition) is 1. The highest BCUT2D eigenvalue weighted by Gasteiger charge is 2.18. The van der Waals surface area contributed by atoms with Gasteiger partial charge in [-0.15, -0.1) is 0 Å². The van der Waals surface area contributed by atoms with Crippen molar-refractivity contribution in [2.75, 3.05) is 14.1 Å². The molecular formula is C13H25N. The lowest BCUT2D eigenvalue weighted by atomic mass is 9.90. The molecule has 1 heteroatoms. The van der Waals surface area contributed by atoms with E-state index in [-0.39, 0.29) is 0 Å². The lowest BCUT2D eigenvalue weighted by Gasteiger charge is -2.30. The van der Waals surface area contributed by atoms with E-state index >= 15 is 0 Å². The second-order valence-electron chi connectivity index (χ2n) is 4.01. The Kier molecular flexibility index (Phi) is 7.50. The summed E-state index contributed by atoms with van der Waals surface area (Å²) in [5.74, 6) is 0.770. The topological polar surface area (TPSA) is 3.24 Å². The molecule has 0 aromatic rings. The maximum Gasteiger partial charge on any atom is 0.0118 e. The van der Waals surface area contributed by atoms with Crippen LogP contribution in [0.4, 0.5) is 0 Å². The molecule has 0 saturated heterocycles. The number of allylic oxidation sites excluding steroid dienone is 3. The molecule has 0 saturated carbocycles. The van der Waals surface area contributed by atoms with E-state index in [0.717, 1.165) is 5.92 Å². The largest absolute Gasteiger partial charge is 0.306 e. The van der Waals surface area contributed by atoms with Gasteiger partial charge in [-0.1, -0.05) is 45.1 Å². The van der Waals surface area contributed by atoms with E-state index in [0.29, 0.717) is 6.04 Å². The molecule has 0 aliphatic heterocycles. The standard InChI is InChI=1S/C13H25N/c1-6-9-10-11-12(7-2)13(8-3)14(4)5/h6,9-10,12-13H,1,7-8,11H2,2-5H3/b10-9-. The summed E-state index contributed by atoms with van der Waals surface area (Å²) in [5.41, 5.74) is 0. The van der Waals surface area contributed by atoms with Gasteiger partial charge in [0, 0.05) is 6.04 Å². The Bertz CT molecular complexity index is 170. The van der Waals surface area contributed by atoms with E-state index in [4.69, 9.17) is 0 Å². The molecule has 0 bridgehead atoms. The normalized spacial score (nSPS) is 16.1. The number of hydrogen-bond donors (Lipinski definition) is 0. The number of rotatable bonds is 7. The molecule has 0 heterocycles. The molecule has 0 spiro atoms. The highest BCUT2D eigenvalue weighted by Crippen LogP contribution is 2.20. The molecule has 0 aromatic heterocycles. The van der Waals surface area contributed by atoms with Gasteiger partial charge in [-0.05, 0) is 32.9 Å². The van der Waals surface area contributed by atoms with E-state index in [1.54, 1.807) is 0 Å². The van der Waals surface area contributed by atoms with Crippen molar-refractivity contribution in [1.29, 1.82) is 0 Å². The van der Waals surface area contributed by atoms with E-state index in [1.165, 1.54) is 19.3 Å². The summed E-state index contributed by atoms with van der Waals surface area (Å²) in [7, 11) is 4.35. The Hall–Kier alpha value is -0.560. The van der Waals surface area contributed by atoms with Gasteiger partial charge in [0.05, 0.1) is 0 Å². The Labute approximate surface area is 89.5 Å². The Morgan fingerprint density at radius 1 is 1.21 bits per heavy atom. The summed E-state index contributed by atoms with van der Waals surface area (Å²) < 4.78 is 0. The molecule has 1 nitrogen and oxygen atoms in total. The van der Waals surface area contributed by atoms with E-state index in [2.05, 4.69) is 45.5 Å². The molecule has 2 unspecified atom stereocenters. The van der Waals surface area contributed by atoms with Gasteiger partial charge in [0.25, 0.3) is 0 Å². The molecular weight excluding hydrogens is 170 g/mol. The zero-order valence-electron chi connectivity index (χ0n) is 10.2. The van der Waals surface area contributed by atoms with Gasteiger partial charge >= 0.3 is 0 Å². The predicted octanol–water partition coefficient (Wildman–Crippen LogP) is 3.49. The molecule has 0 radical (unpaired) electrons. The third-order valence-electron chi connectivity index (χ3n) is 2.86. The van der Waals surface area contributed by atoms with Crippen LogP contribution in [0, 0.1) is 5.92 Å². The fourth-order valence-electron chi connectivity index (χ4n) is 2.07. The fourth-order valence-corrected chi connectivity index (χ4v) is 2.07. The van der Waals surface area contributed by atoms with Crippen LogP contribution in [0.3, 0.4) is 0 Å². The highest BCUT2D eigenvalue weighted by atomic mass is 15.1. The van der Waals surface area contributed by atoms with Gasteiger partial charge in [-0.3, -0.25) is 0 Å². The van der Waals surface area contributed by atoms with E-state index < -0.39 is 0 Å². The van der Waals surface area contributed by atoms with Crippen molar-refractivity contribution >= 4 is 0 Å². The first kappa shape index (κ1) is 13.4. The van der Waals surface area contributed by atoms with Crippen molar-refractivity contribution in [3.8, 4) is 0 Å². The van der Waals surface area contributed by atoms with Gasteiger partial charge in [0.2, 0.25) is 0 Å². The molecule has 0 N–H and O–H groups in total. The van der Waals surface area contributed by atoms with Crippen LogP contribution in [0.5, 0.6) is 0 Å². The molecule has 0 aliphatic carbocycles. The van der Waals surface area contributed by atoms with E-state index in [9.17, 15) is 0 Å². The van der Waals surface area contributed by atoms with Crippen molar-refractivity contribution in [2.24, 2.45) is 5.92 Å². The Morgan fingerprint density at radius 2 is 1.86 bits per heavy atom. The molecule has 0 aliphatic rings. The van der Waals surface area contributed by atoms with Crippen molar-refractivity contribution < 1.29 is 0 Å². The average Bonchev–Trinajstić information content (AvgIpc) is 2.16. The minimum atomic E-state index is 0.703. The van der Waals surface area contributed by atoms with Crippen LogP contribution in [0.2, 0.25) is 0 Å². The third-order valence-corrected chi connectivity index (χ3v) is 2.86. The average molecular weight is 195 g/mol. The molecule has 0 rings (SSSR count). The Balaban J connectivity index is 4.21. The summed E-state index contributed by atoms with van der Waals surface area (Å²) in [6.45, 7) is 8.23. The van der Waals surface area contributed by atoms with Crippen molar-refractivity contribution in [3.05, 3.63) is 24.8 Å². The van der Waals surface area contributed by atoms with E-state index in [1.807, 2.05) is 12.2 Å². The summed E-state index contributed by atoms with van der Waals surface area (Å²) in [4.78, 5) is 2.34. The smallest absolute Gasteiger partial charge is 0.0118 e. The molecule has 0 amide bonds. The van der Waals surface area contributed by atoms with Crippen molar-refractivity contribution in [3.63, 3.8) is 0 Å². The van der Waals surface area contributed by atoms with Crippen LogP contribution in [0.25, 0.3) is 0 Å². The predicted molar refractivity (Wildman–Crippen MR) is 65.5 cm³/mol. The SMILES string of the molecule is C=C/C=C\CC(CC)C(CC)N(C)C. The fraction of sp³-hybridized carbons (Fsp3) is 0.692. The van der Waals surface area contributed by atoms with Gasteiger partial charge in [0.1, 0.15) is 0 Å². The number of nitrogens with zero attached hydrogens (tertiary/aromatic N) is 1. The lowest BCUT2D eigenvalue weighted by molar-refractivity contribution is 0.199. The zero-order chi connectivity index (χ0) is 11.0. The first-order valence-electron chi connectivity index (χ1n) is 5.61. The first-order valence-corrected chi connectivity index (χ1v) is 5.61. The minimum absolute atomic E-state index is 0.703. The van der Waals surface area contributed by atoms with Crippen molar-refractivity contribution in [2.45, 2.75) is 39.2 Å². The quantitative estimate of drug-likeness (QED) is 0.562. The first-order chi connectivity index (χ1) is 6.67.